The molecule has 1 saturated heterocycles. The van der Waals surface area contributed by atoms with Crippen LogP contribution in [0.1, 0.15) is 78.6 Å². The molecule has 21 heavy (non-hydrogen) atoms. The molecule has 1 nitrogen and oxygen atoms in total. The fourth-order valence-electron chi connectivity index (χ4n) is 3.03. The lowest BCUT2D eigenvalue weighted by atomic mass is 10.2. The van der Waals surface area contributed by atoms with Gasteiger partial charge in [0.2, 0.25) is 0 Å². The summed E-state index contributed by atoms with van der Waals surface area (Å²) in [5, 5.41) is 0. The Morgan fingerprint density at radius 2 is 1.43 bits per heavy atom. The molecule has 1 fully saturated rings. The molecule has 0 aromatic rings. The monoisotopic (exact) mass is 334 g/mol. The molecule has 1 heterocycles. The van der Waals surface area contributed by atoms with Crippen molar-refractivity contribution in [2.75, 3.05) is 25.1 Å². The lowest BCUT2D eigenvalue weighted by Crippen LogP contribution is -3.00. The first-order valence-corrected chi connectivity index (χ1v) is 11.4. The van der Waals surface area contributed by atoms with Crippen molar-refractivity contribution in [3.8, 4) is 0 Å². The minimum absolute atomic E-state index is 0. The zero-order valence-electron chi connectivity index (χ0n) is 14.5. The topological polar surface area (TPSA) is 9.23 Å². The summed E-state index contributed by atoms with van der Waals surface area (Å²) in [5.74, 6) is 4.03. The van der Waals surface area contributed by atoms with Gasteiger partial charge < -0.3 is 17.1 Å². The van der Waals surface area contributed by atoms with E-state index in [0.29, 0.717) is 0 Å². The van der Waals surface area contributed by atoms with E-state index in [2.05, 4.69) is 26.6 Å². The molecule has 0 aromatic carbocycles. The van der Waals surface area contributed by atoms with Crippen molar-refractivity contribution < 1.29 is 17.1 Å². The average molecular weight is 335 g/mol. The molecule has 0 unspecified atom stereocenters. The van der Waals surface area contributed by atoms with Crippen LogP contribution in [0.4, 0.5) is 0 Å². The molecule has 1 aliphatic rings. The first-order chi connectivity index (χ1) is 9.76. The highest BCUT2D eigenvalue weighted by Gasteiger charge is 2.34. The summed E-state index contributed by atoms with van der Waals surface area (Å²) in [6, 6.07) is 0. The zero-order valence-corrected chi connectivity index (χ0v) is 16.2. The first kappa shape index (κ1) is 21.3. The average Bonchev–Trinajstić information content (AvgIpc) is 2.49. The Bertz CT molecular complexity index is 249. The van der Waals surface area contributed by atoms with Gasteiger partial charge in [-0.25, -0.2) is 0 Å². The molecule has 0 amide bonds. The maximum Gasteiger partial charge on any atom is 0.130 e. The minimum Gasteiger partial charge on any atom is -1.00 e. The first-order valence-electron chi connectivity index (χ1n) is 8.96. The smallest absolute Gasteiger partial charge is 0.130 e. The second kappa shape index (κ2) is 12.8. The Morgan fingerprint density at radius 3 is 1.81 bits per heavy atom. The number of ether oxygens (including phenoxy) is 1. The van der Waals surface area contributed by atoms with E-state index in [1.54, 1.807) is 0 Å². The van der Waals surface area contributed by atoms with E-state index in [1.165, 1.54) is 82.0 Å². The summed E-state index contributed by atoms with van der Waals surface area (Å²) in [6.07, 6.45) is 16.4. The van der Waals surface area contributed by atoms with Crippen LogP contribution in [0.2, 0.25) is 0 Å². The van der Waals surface area contributed by atoms with Crippen LogP contribution in [0.3, 0.4) is 0 Å². The van der Waals surface area contributed by atoms with Gasteiger partial charge in [0.1, 0.15) is 5.76 Å². The van der Waals surface area contributed by atoms with Gasteiger partial charge in [0.25, 0.3) is 0 Å². The van der Waals surface area contributed by atoms with Crippen LogP contribution in [0.5, 0.6) is 0 Å². The van der Waals surface area contributed by atoms with Crippen molar-refractivity contribution in [3.05, 3.63) is 11.6 Å². The van der Waals surface area contributed by atoms with Gasteiger partial charge in [-0.15, -0.1) is 0 Å². The second-order valence-corrected chi connectivity index (χ2v) is 10.4. The Kier molecular flexibility index (Phi) is 12.9. The van der Waals surface area contributed by atoms with Crippen LogP contribution in [-0.4, -0.2) is 25.1 Å². The molecule has 1 rings (SSSR count). The van der Waals surface area contributed by atoms with E-state index in [4.69, 9.17) is 4.74 Å². The molecule has 0 N–H and O–H groups in total. The predicted octanol–water partition coefficient (Wildman–Crippen LogP) is 3.45. The van der Waals surface area contributed by atoms with Gasteiger partial charge in [-0.1, -0.05) is 40.0 Å². The highest BCUT2D eigenvalue weighted by Crippen LogP contribution is 2.63. The van der Waals surface area contributed by atoms with Gasteiger partial charge in [-0.2, -0.15) is 0 Å². The highest BCUT2D eigenvalue weighted by molar-refractivity contribution is 7.78. The fraction of sp³-hybridized carbons (Fsp3) is 0.889. The highest BCUT2D eigenvalue weighted by atomic mass is 35.5. The Morgan fingerprint density at radius 1 is 0.905 bits per heavy atom. The molecule has 3 heteroatoms. The number of hydrogen-bond acceptors (Lipinski definition) is 1. The van der Waals surface area contributed by atoms with Gasteiger partial charge in [-0.3, -0.25) is 0 Å². The van der Waals surface area contributed by atoms with Crippen LogP contribution in [0.15, 0.2) is 11.6 Å². The summed E-state index contributed by atoms with van der Waals surface area (Å²) >= 11 is 0. The SMILES string of the molecule is CCCC[P+](C=C1CCCCO1)(CCCC)CCCC.[Cl-]. The molecule has 0 spiro atoms. The molecule has 126 valence electrons. The van der Waals surface area contributed by atoms with Crippen LogP contribution in [0, 0.1) is 0 Å². The van der Waals surface area contributed by atoms with E-state index in [1.807, 2.05) is 0 Å². The van der Waals surface area contributed by atoms with Gasteiger partial charge >= 0.3 is 0 Å². The van der Waals surface area contributed by atoms with Gasteiger partial charge in [0.05, 0.1) is 30.9 Å². The van der Waals surface area contributed by atoms with Crippen molar-refractivity contribution in [1.29, 1.82) is 0 Å². The van der Waals surface area contributed by atoms with E-state index >= 15 is 0 Å². The maximum absolute atomic E-state index is 5.96. The maximum atomic E-state index is 5.96. The Labute approximate surface area is 140 Å². The summed E-state index contributed by atoms with van der Waals surface area (Å²) in [5.41, 5.74) is 0. The van der Waals surface area contributed by atoms with Crippen molar-refractivity contribution in [3.63, 3.8) is 0 Å². The summed E-state index contributed by atoms with van der Waals surface area (Å²) < 4.78 is 5.96. The summed E-state index contributed by atoms with van der Waals surface area (Å²) in [7, 11) is -0.901. The van der Waals surface area contributed by atoms with Crippen molar-refractivity contribution in [2.45, 2.75) is 78.6 Å². The van der Waals surface area contributed by atoms with E-state index in [0.717, 1.165) is 6.61 Å². The third-order valence-corrected chi connectivity index (χ3v) is 8.85. The number of halogens is 1. The van der Waals surface area contributed by atoms with Crippen LogP contribution >= 0.6 is 7.26 Å². The number of unbranched alkanes of at least 4 members (excludes halogenated alkanes) is 3. The molecular formula is C18H36ClOP. The summed E-state index contributed by atoms with van der Waals surface area (Å²) in [6.45, 7) is 7.96. The normalized spacial score (nSPS) is 17.4. The molecular weight excluding hydrogens is 299 g/mol. The van der Waals surface area contributed by atoms with E-state index < -0.39 is 7.26 Å². The molecule has 0 aliphatic carbocycles. The third kappa shape index (κ3) is 8.46. The molecule has 0 aromatic heterocycles. The minimum atomic E-state index is -0.901. The number of allylic oxidation sites excluding steroid dienone is 1. The molecule has 1 aliphatic heterocycles. The standard InChI is InChI=1S/C18H36OP.ClH/c1-4-7-14-20(15-8-5-2,16-9-6-3)17-18-12-10-11-13-19-18;/h17H,4-16H2,1-3H3;1H/q+1;/p-1. The predicted molar refractivity (Wildman–Crippen MR) is 94.1 cm³/mol. The lowest BCUT2D eigenvalue weighted by Gasteiger charge is -2.26. The van der Waals surface area contributed by atoms with Crippen LogP contribution in [0.25, 0.3) is 0 Å². The quantitative estimate of drug-likeness (QED) is 0.556. The molecule has 0 atom stereocenters. The van der Waals surface area contributed by atoms with Crippen LogP contribution < -0.4 is 12.4 Å². The van der Waals surface area contributed by atoms with Crippen molar-refractivity contribution in [2.24, 2.45) is 0 Å². The summed E-state index contributed by atoms with van der Waals surface area (Å²) in [4.78, 5) is 0. The zero-order chi connectivity index (χ0) is 14.7. The molecule has 0 saturated carbocycles. The van der Waals surface area contributed by atoms with E-state index in [-0.39, 0.29) is 12.4 Å². The van der Waals surface area contributed by atoms with Gasteiger partial charge in [0, 0.05) is 13.7 Å². The van der Waals surface area contributed by atoms with Gasteiger partial charge in [0.15, 0.2) is 0 Å². The largest absolute Gasteiger partial charge is 1.00 e. The van der Waals surface area contributed by atoms with Crippen molar-refractivity contribution in [1.82, 2.24) is 0 Å². The molecule has 0 radical (unpaired) electrons. The second-order valence-electron chi connectivity index (χ2n) is 6.35. The van der Waals surface area contributed by atoms with Crippen molar-refractivity contribution >= 4 is 7.26 Å². The molecule has 0 bridgehead atoms. The fourth-order valence-corrected chi connectivity index (χ4v) is 7.74. The van der Waals surface area contributed by atoms with E-state index in [9.17, 15) is 0 Å². The van der Waals surface area contributed by atoms with Gasteiger partial charge in [-0.05, 0) is 32.1 Å². The Balaban J connectivity index is 0.00000400. The lowest BCUT2D eigenvalue weighted by molar-refractivity contribution is -0.00000549. The Hall–Kier alpha value is 0.260. The van der Waals surface area contributed by atoms with Crippen LogP contribution in [-0.2, 0) is 4.74 Å². The number of hydrogen-bond donors (Lipinski definition) is 0. The number of rotatable bonds is 10. The third-order valence-electron chi connectivity index (χ3n) is 4.39.